The van der Waals surface area contributed by atoms with Gasteiger partial charge in [-0.2, -0.15) is 5.10 Å². The largest absolute Gasteiger partial charge is 0.339 e. The highest BCUT2D eigenvalue weighted by Gasteiger charge is 2.27. The van der Waals surface area contributed by atoms with Gasteiger partial charge in [0.05, 0.1) is 11.4 Å². The van der Waals surface area contributed by atoms with Crippen LogP contribution < -0.4 is 0 Å². The van der Waals surface area contributed by atoms with Crippen molar-refractivity contribution in [3.8, 4) is 16.9 Å². The molecule has 1 aliphatic rings. The maximum Gasteiger partial charge on any atom is 0.272 e. The first kappa shape index (κ1) is 19.2. The summed E-state index contributed by atoms with van der Waals surface area (Å²) in [4.78, 5) is 28.4. The van der Waals surface area contributed by atoms with Gasteiger partial charge < -0.3 is 9.80 Å². The molecule has 29 heavy (non-hydrogen) atoms. The van der Waals surface area contributed by atoms with Crippen molar-refractivity contribution in [2.24, 2.45) is 0 Å². The third-order valence-corrected chi connectivity index (χ3v) is 5.33. The smallest absolute Gasteiger partial charge is 0.272 e. The summed E-state index contributed by atoms with van der Waals surface area (Å²) in [5.41, 5.74) is 2.91. The Bertz CT molecular complexity index is 1020. The van der Waals surface area contributed by atoms with Gasteiger partial charge in [-0.15, -0.1) is 0 Å². The fraction of sp³-hybridized carbons (Fsp3) is 0.227. The summed E-state index contributed by atoms with van der Waals surface area (Å²) in [6.45, 7) is 3.67. The lowest BCUT2D eigenvalue weighted by Crippen LogP contribution is -2.50. The second kappa shape index (κ2) is 8.09. The molecule has 0 bridgehead atoms. The number of benzene rings is 2. The Morgan fingerprint density at radius 1 is 0.897 bits per heavy atom. The minimum atomic E-state index is -0.0928. The highest BCUT2D eigenvalue weighted by atomic mass is 35.5. The van der Waals surface area contributed by atoms with Crippen LogP contribution in [0.1, 0.15) is 17.4 Å². The molecule has 6 nitrogen and oxygen atoms in total. The lowest BCUT2D eigenvalue weighted by Gasteiger charge is -2.34. The molecule has 1 aromatic heterocycles. The van der Waals surface area contributed by atoms with Gasteiger partial charge in [0.25, 0.3) is 5.91 Å². The van der Waals surface area contributed by atoms with E-state index in [1.807, 2.05) is 48.5 Å². The second-order valence-corrected chi connectivity index (χ2v) is 7.40. The molecule has 2 amide bonds. The molecule has 4 rings (SSSR count). The van der Waals surface area contributed by atoms with E-state index in [1.54, 1.807) is 33.5 Å². The molecule has 148 valence electrons. The molecule has 0 spiro atoms. The van der Waals surface area contributed by atoms with E-state index in [1.165, 1.54) is 0 Å². The molecule has 0 radical (unpaired) electrons. The average Bonchev–Trinajstić information content (AvgIpc) is 3.20. The quantitative estimate of drug-likeness (QED) is 0.666. The Balaban J connectivity index is 1.68. The number of halogens is 1. The Morgan fingerprint density at radius 3 is 2.14 bits per heavy atom. The number of rotatable bonds is 3. The molecule has 2 heterocycles. The van der Waals surface area contributed by atoms with Crippen LogP contribution in [0.4, 0.5) is 0 Å². The van der Waals surface area contributed by atoms with Crippen LogP contribution in [-0.4, -0.2) is 57.6 Å². The van der Waals surface area contributed by atoms with E-state index < -0.39 is 0 Å². The SMILES string of the molecule is CC(=O)N1CCN(C(=O)c2cc(-c3ccc(Cl)cc3)nn2-c2ccccc2)CC1. The van der Waals surface area contributed by atoms with Crippen LogP contribution >= 0.6 is 11.6 Å². The van der Waals surface area contributed by atoms with Gasteiger partial charge in [0.1, 0.15) is 5.69 Å². The van der Waals surface area contributed by atoms with Crippen LogP contribution in [0.15, 0.2) is 60.7 Å². The molecule has 0 atom stereocenters. The number of amides is 2. The van der Waals surface area contributed by atoms with E-state index in [9.17, 15) is 9.59 Å². The zero-order valence-corrected chi connectivity index (χ0v) is 16.8. The molecule has 1 aliphatic heterocycles. The molecule has 0 aliphatic carbocycles. The predicted octanol–water partition coefficient (Wildman–Crippen LogP) is 3.50. The molecular weight excluding hydrogens is 388 g/mol. The minimum Gasteiger partial charge on any atom is -0.339 e. The van der Waals surface area contributed by atoms with Crippen LogP contribution in [0.5, 0.6) is 0 Å². The van der Waals surface area contributed by atoms with Crippen LogP contribution in [0.25, 0.3) is 16.9 Å². The number of piperazine rings is 1. The lowest BCUT2D eigenvalue weighted by molar-refractivity contribution is -0.130. The van der Waals surface area contributed by atoms with E-state index in [0.717, 1.165) is 11.3 Å². The zero-order chi connectivity index (χ0) is 20.4. The molecule has 0 unspecified atom stereocenters. The maximum atomic E-state index is 13.3. The molecule has 3 aromatic rings. The summed E-state index contributed by atoms with van der Waals surface area (Å²) in [6.07, 6.45) is 0. The Kier molecular flexibility index (Phi) is 5.36. The maximum absolute atomic E-state index is 13.3. The Labute approximate surface area is 174 Å². The first-order chi connectivity index (χ1) is 14.0. The normalized spacial score (nSPS) is 14.1. The number of para-hydroxylation sites is 1. The van der Waals surface area contributed by atoms with Crippen molar-refractivity contribution in [2.45, 2.75) is 6.92 Å². The fourth-order valence-corrected chi connectivity index (χ4v) is 3.57. The average molecular weight is 409 g/mol. The van der Waals surface area contributed by atoms with Gasteiger partial charge in [-0.05, 0) is 30.3 Å². The Morgan fingerprint density at radius 2 is 1.52 bits per heavy atom. The van der Waals surface area contributed by atoms with Gasteiger partial charge in [-0.3, -0.25) is 9.59 Å². The highest BCUT2D eigenvalue weighted by Crippen LogP contribution is 2.24. The molecule has 2 aromatic carbocycles. The summed E-state index contributed by atoms with van der Waals surface area (Å²) in [5.74, 6) is -0.0544. The van der Waals surface area contributed by atoms with E-state index in [2.05, 4.69) is 0 Å². The van der Waals surface area contributed by atoms with Gasteiger partial charge in [0, 0.05) is 43.7 Å². The molecule has 1 fully saturated rings. The lowest BCUT2D eigenvalue weighted by atomic mass is 10.1. The predicted molar refractivity (Wildman–Crippen MR) is 112 cm³/mol. The van der Waals surface area contributed by atoms with Crippen molar-refractivity contribution in [2.75, 3.05) is 26.2 Å². The van der Waals surface area contributed by atoms with Gasteiger partial charge >= 0.3 is 0 Å². The van der Waals surface area contributed by atoms with Crippen LogP contribution in [-0.2, 0) is 4.79 Å². The molecule has 7 heteroatoms. The number of carbonyl (C=O) groups excluding carboxylic acids is 2. The van der Waals surface area contributed by atoms with E-state index in [0.29, 0.717) is 42.6 Å². The van der Waals surface area contributed by atoms with Crippen LogP contribution in [0.2, 0.25) is 5.02 Å². The van der Waals surface area contributed by atoms with Gasteiger partial charge in [0.2, 0.25) is 5.91 Å². The van der Waals surface area contributed by atoms with Crippen molar-refractivity contribution < 1.29 is 9.59 Å². The fourth-order valence-electron chi connectivity index (χ4n) is 3.45. The molecule has 0 saturated carbocycles. The molecule has 0 N–H and O–H groups in total. The monoisotopic (exact) mass is 408 g/mol. The first-order valence-electron chi connectivity index (χ1n) is 9.49. The second-order valence-electron chi connectivity index (χ2n) is 6.97. The van der Waals surface area contributed by atoms with Gasteiger partial charge in [-0.1, -0.05) is 41.9 Å². The van der Waals surface area contributed by atoms with Crippen LogP contribution in [0, 0.1) is 0 Å². The van der Waals surface area contributed by atoms with E-state index in [-0.39, 0.29) is 11.8 Å². The molecular formula is C22H21ClN4O2. The van der Waals surface area contributed by atoms with Crippen molar-refractivity contribution in [3.05, 3.63) is 71.4 Å². The van der Waals surface area contributed by atoms with Crippen molar-refractivity contribution >= 4 is 23.4 Å². The van der Waals surface area contributed by atoms with Crippen molar-refractivity contribution in [1.29, 1.82) is 0 Å². The van der Waals surface area contributed by atoms with Crippen molar-refractivity contribution in [1.82, 2.24) is 19.6 Å². The number of carbonyl (C=O) groups is 2. The van der Waals surface area contributed by atoms with E-state index >= 15 is 0 Å². The third kappa shape index (κ3) is 4.03. The zero-order valence-electron chi connectivity index (χ0n) is 16.1. The summed E-state index contributed by atoms with van der Waals surface area (Å²) >= 11 is 6.00. The van der Waals surface area contributed by atoms with Gasteiger partial charge in [-0.25, -0.2) is 4.68 Å². The topological polar surface area (TPSA) is 58.4 Å². The highest BCUT2D eigenvalue weighted by molar-refractivity contribution is 6.30. The number of nitrogens with zero attached hydrogens (tertiary/aromatic N) is 4. The number of hydrogen-bond acceptors (Lipinski definition) is 3. The summed E-state index contributed by atoms with van der Waals surface area (Å²) in [5, 5.41) is 5.35. The van der Waals surface area contributed by atoms with E-state index in [4.69, 9.17) is 16.7 Å². The summed E-state index contributed by atoms with van der Waals surface area (Å²) < 4.78 is 1.68. The first-order valence-corrected chi connectivity index (χ1v) is 9.87. The van der Waals surface area contributed by atoms with Crippen LogP contribution in [0.3, 0.4) is 0 Å². The molecule has 1 saturated heterocycles. The van der Waals surface area contributed by atoms with Crippen molar-refractivity contribution in [3.63, 3.8) is 0 Å². The number of hydrogen-bond donors (Lipinski definition) is 0. The minimum absolute atomic E-state index is 0.0384. The third-order valence-electron chi connectivity index (χ3n) is 5.08. The standard InChI is InChI=1S/C22H21ClN4O2/c1-16(28)25-11-13-26(14-12-25)22(29)21-15-20(17-7-9-18(23)10-8-17)24-27(21)19-5-3-2-4-6-19/h2-10,15H,11-14H2,1H3. The Hall–Kier alpha value is -3.12. The number of aromatic nitrogens is 2. The summed E-state index contributed by atoms with van der Waals surface area (Å²) in [7, 11) is 0. The summed E-state index contributed by atoms with van der Waals surface area (Å²) in [6, 6.07) is 18.8. The van der Waals surface area contributed by atoms with Gasteiger partial charge in [0.15, 0.2) is 0 Å².